The number of hydrogen-bond donors (Lipinski definition) is 0. The highest BCUT2D eigenvalue weighted by Gasteiger charge is 2.15. The highest BCUT2D eigenvalue weighted by atomic mass is 16.6. The smallest absolute Gasteiger partial charge is 0.305 e. The fourth-order valence-corrected chi connectivity index (χ4v) is 0.920. The summed E-state index contributed by atoms with van der Waals surface area (Å²) in [5.74, 6) is 0.521. The Hall–Kier alpha value is -2.16. The van der Waals surface area contributed by atoms with Crippen LogP contribution >= 0.6 is 0 Å². The molecule has 0 aliphatic heterocycles. The number of nitro groups is 1. The van der Waals surface area contributed by atoms with Crippen molar-refractivity contribution in [3.63, 3.8) is 0 Å². The van der Waals surface area contributed by atoms with E-state index in [2.05, 4.69) is 4.98 Å². The average molecular weight is 192 g/mol. The molecule has 0 amide bonds. The van der Waals surface area contributed by atoms with E-state index in [1.807, 2.05) is 0 Å². The van der Waals surface area contributed by atoms with E-state index in [0.717, 1.165) is 0 Å². The van der Waals surface area contributed by atoms with Crippen LogP contribution in [-0.2, 0) is 0 Å². The second kappa shape index (κ2) is 3.70. The maximum atomic E-state index is 10.5. The number of aromatic nitrogens is 1. The fourth-order valence-electron chi connectivity index (χ4n) is 0.920. The summed E-state index contributed by atoms with van der Waals surface area (Å²) >= 11 is 0. The molecule has 0 saturated carbocycles. The topological polar surface area (TPSA) is 83.1 Å². The minimum Gasteiger partial charge on any atom is -0.363 e. The normalized spacial score (nSPS) is 9.21. The van der Waals surface area contributed by atoms with Gasteiger partial charge in [-0.05, 0) is 6.07 Å². The van der Waals surface area contributed by atoms with Crippen molar-refractivity contribution in [3.05, 3.63) is 27.9 Å². The number of rotatable bonds is 2. The monoisotopic (exact) mass is 192 g/mol. The largest absolute Gasteiger partial charge is 0.363 e. The van der Waals surface area contributed by atoms with Gasteiger partial charge in [-0.2, -0.15) is 5.26 Å². The Kier molecular flexibility index (Phi) is 2.62. The summed E-state index contributed by atoms with van der Waals surface area (Å²) in [4.78, 5) is 15.3. The SMILES string of the molecule is CN(C)c1ccc([N+](=O)[O-])c(C#N)n1. The maximum absolute atomic E-state index is 10.5. The molecule has 0 aromatic carbocycles. The lowest BCUT2D eigenvalue weighted by molar-refractivity contribution is -0.385. The molecule has 0 aliphatic carbocycles. The molecule has 0 atom stereocenters. The lowest BCUT2D eigenvalue weighted by atomic mass is 10.3. The van der Waals surface area contributed by atoms with Crippen molar-refractivity contribution >= 4 is 11.5 Å². The summed E-state index contributed by atoms with van der Waals surface area (Å²) in [5, 5.41) is 19.1. The first-order chi connectivity index (χ1) is 6.56. The summed E-state index contributed by atoms with van der Waals surface area (Å²) < 4.78 is 0. The molecule has 1 heterocycles. The molecule has 6 heteroatoms. The standard InChI is InChI=1S/C8H8N4O2/c1-11(2)8-4-3-7(12(13)14)6(5-9)10-8/h3-4H,1-2H3. The van der Waals surface area contributed by atoms with Crippen LogP contribution in [0.25, 0.3) is 0 Å². The third kappa shape index (κ3) is 1.77. The Bertz CT molecular complexity index is 408. The highest BCUT2D eigenvalue weighted by molar-refractivity contribution is 5.50. The average Bonchev–Trinajstić information content (AvgIpc) is 2.16. The van der Waals surface area contributed by atoms with Crippen molar-refractivity contribution in [3.8, 4) is 6.07 Å². The number of pyridine rings is 1. The van der Waals surface area contributed by atoms with Crippen molar-refractivity contribution in [1.82, 2.24) is 4.98 Å². The van der Waals surface area contributed by atoms with Crippen LogP contribution < -0.4 is 4.90 Å². The molecule has 0 N–H and O–H groups in total. The third-order valence-electron chi connectivity index (χ3n) is 1.62. The van der Waals surface area contributed by atoms with Crippen LogP contribution in [0.1, 0.15) is 5.69 Å². The molecule has 0 aliphatic rings. The van der Waals surface area contributed by atoms with Gasteiger partial charge in [-0.25, -0.2) is 4.98 Å². The van der Waals surface area contributed by atoms with Crippen LogP contribution in [0.4, 0.5) is 11.5 Å². The second-order valence-corrected chi connectivity index (χ2v) is 2.80. The molecule has 0 fully saturated rings. The van der Waals surface area contributed by atoms with Gasteiger partial charge in [0.1, 0.15) is 11.9 Å². The third-order valence-corrected chi connectivity index (χ3v) is 1.62. The van der Waals surface area contributed by atoms with Crippen LogP contribution in [0.15, 0.2) is 12.1 Å². The van der Waals surface area contributed by atoms with Crippen molar-refractivity contribution in [1.29, 1.82) is 5.26 Å². The summed E-state index contributed by atoms with van der Waals surface area (Å²) in [6.07, 6.45) is 0. The van der Waals surface area contributed by atoms with E-state index in [9.17, 15) is 10.1 Å². The Morgan fingerprint density at radius 2 is 2.21 bits per heavy atom. The number of hydrogen-bond acceptors (Lipinski definition) is 5. The summed E-state index contributed by atoms with van der Waals surface area (Å²) in [5.41, 5.74) is -0.431. The fraction of sp³-hybridized carbons (Fsp3) is 0.250. The van der Waals surface area contributed by atoms with Crippen LogP contribution in [0.3, 0.4) is 0 Å². The van der Waals surface area contributed by atoms with Crippen molar-refractivity contribution in [2.75, 3.05) is 19.0 Å². The molecule has 1 aromatic rings. The minimum absolute atomic E-state index is 0.166. The van der Waals surface area contributed by atoms with E-state index in [1.165, 1.54) is 12.1 Å². The molecular formula is C8H8N4O2. The van der Waals surface area contributed by atoms with E-state index in [-0.39, 0.29) is 11.4 Å². The van der Waals surface area contributed by atoms with Gasteiger partial charge in [0.2, 0.25) is 5.69 Å². The molecule has 0 unspecified atom stereocenters. The zero-order valence-electron chi connectivity index (χ0n) is 7.76. The first-order valence-electron chi connectivity index (χ1n) is 3.79. The molecule has 0 bridgehead atoms. The number of anilines is 1. The van der Waals surface area contributed by atoms with Gasteiger partial charge >= 0.3 is 5.69 Å². The summed E-state index contributed by atoms with van der Waals surface area (Å²) in [6, 6.07) is 4.47. The molecule has 72 valence electrons. The summed E-state index contributed by atoms with van der Waals surface area (Å²) in [6.45, 7) is 0. The van der Waals surface area contributed by atoms with Gasteiger partial charge in [0.25, 0.3) is 0 Å². The molecule has 14 heavy (non-hydrogen) atoms. The van der Waals surface area contributed by atoms with Gasteiger partial charge < -0.3 is 4.90 Å². The first kappa shape index (κ1) is 9.92. The van der Waals surface area contributed by atoms with Gasteiger partial charge in [-0.15, -0.1) is 0 Å². The van der Waals surface area contributed by atoms with Gasteiger partial charge in [0.15, 0.2) is 0 Å². The van der Waals surface area contributed by atoms with E-state index in [4.69, 9.17) is 5.26 Å². The zero-order chi connectivity index (χ0) is 10.7. The first-order valence-corrected chi connectivity index (χ1v) is 3.79. The molecule has 1 aromatic heterocycles. The summed E-state index contributed by atoms with van der Waals surface area (Å²) in [7, 11) is 3.49. The number of nitriles is 1. The predicted octanol–water partition coefficient (Wildman–Crippen LogP) is 0.927. The molecule has 0 spiro atoms. The Morgan fingerprint density at radius 3 is 2.64 bits per heavy atom. The number of nitrogens with zero attached hydrogens (tertiary/aromatic N) is 4. The molecule has 1 rings (SSSR count). The van der Waals surface area contributed by atoms with E-state index in [1.54, 1.807) is 25.1 Å². The van der Waals surface area contributed by atoms with E-state index in [0.29, 0.717) is 5.82 Å². The van der Waals surface area contributed by atoms with Crippen LogP contribution in [0.5, 0.6) is 0 Å². The van der Waals surface area contributed by atoms with Gasteiger partial charge in [0, 0.05) is 20.2 Å². The Morgan fingerprint density at radius 1 is 1.57 bits per heavy atom. The minimum atomic E-state index is -0.620. The molecule has 0 saturated heterocycles. The highest BCUT2D eigenvalue weighted by Crippen LogP contribution is 2.18. The lowest BCUT2D eigenvalue weighted by Crippen LogP contribution is -2.11. The van der Waals surface area contributed by atoms with Gasteiger partial charge in [-0.1, -0.05) is 0 Å². The van der Waals surface area contributed by atoms with Crippen LogP contribution in [0.2, 0.25) is 0 Å². The second-order valence-electron chi connectivity index (χ2n) is 2.80. The quantitative estimate of drug-likeness (QED) is 0.514. The van der Waals surface area contributed by atoms with Crippen LogP contribution in [-0.4, -0.2) is 24.0 Å². The van der Waals surface area contributed by atoms with Gasteiger partial charge in [-0.3, -0.25) is 10.1 Å². The predicted molar refractivity (Wildman–Crippen MR) is 49.9 cm³/mol. The molecular weight excluding hydrogens is 184 g/mol. The van der Waals surface area contributed by atoms with Crippen molar-refractivity contribution in [2.24, 2.45) is 0 Å². The van der Waals surface area contributed by atoms with Crippen LogP contribution in [0, 0.1) is 21.4 Å². The van der Waals surface area contributed by atoms with E-state index < -0.39 is 4.92 Å². The lowest BCUT2D eigenvalue weighted by Gasteiger charge is -2.10. The zero-order valence-corrected chi connectivity index (χ0v) is 7.76. The molecule has 6 nitrogen and oxygen atoms in total. The van der Waals surface area contributed by atoms with Crippen molar-refractivity contribution < 1.29 is 4.92 Å². The maximum Gasteiger partial charge on any atom is 0.305 e. The Balaban J connectivity index is 3.27. The molecule has 0 radical (unpaired) electrons. The van der Waals surface area contributed by atoms with E-state index >= 15 is 0 Å². The van der Waals surface area contributed by atoms with Crippen molar-refractivity contribution in [2.45, 2.75) is 0 Å². The van der Waals surface area contributed by atoms with Gasteiger partial charge in [0.05, 0.1) is 4.92 Å². The Labute approximate surface area is 80.6 Å².